The Balaban J connectivity index is 1.83. The first-order chi connectivity index (χ1) is 14.8. The molecule has 0 bridgehead atoms. The highest BCUT2D eigenvalue weighted by molar-refractivity contribution is 5.78. The Labute approximate surface area is 181 Å². The van der Waals surface area contributed by atoms with Gasteiger partial charge >= 0.3 is 0 Å². The lowest BCUT2D eigenvalue weighted by Gasteiger charge is -2.28. The van der Waals surface area contributed by atoms with Gasteiger partial charge in [0.15, 0.2) is 0 Å². The van der Waals surface area contributed by atoms with E-state index < -0.39 is 5.41 Å². The molecule has 0 unspecified atom stereocenters. The van der Waals surface area contributed by atoms with E-state index in [1.165, 1.54) is 0 Å². The molecule has 4 aromatic carbocycles. The highest BCUT2D eigenvalue weighted by atomic mass is 16.3. The average molecular weight is 412 g/mol. The minimum atomic E-state index is -0.486. The molecular weight excluding hydrogens is 388 g/mol. The van der Waals surface area contributed by atoms with Crippen molar-refractivity contribution in [1.82, 2.24) is 0 Å². The first kappa shape index (κ1) is 20.4. The molecule has 0 saturated carbocycles. The van der Waals surface area contributed by atoms with Crippen LogP contribution in [0.15, 0.2) is 84.9 Å². The van der Waals surface area contributed by atoms with Crippen molar-refractivity contribution in [3.05, 3.63) is 96.1 Å². The number of para-hydroxylation sites is 2. The third-order valence-corrected chi connectivity index (χ3v) is 5.82. The second-order valence-corrected chi connectivity index (χ2v) is 8.12. The van der Waals surface area contributed by atoms with Crippen LogP contribution in [0.3, 0.4) is 0 Å². The third kappa shape index (κ3) is 3.68. The molecule has 0 atom stereocenters. The molecule has 0 amide bonds. The van der Waals surface area contributed by atoms with Gasteiger partial charge in [-0.2, -0.15) is 0 Å². The van der Waals surface area contributed by atoms with E-state index >= 15 is 0 Å². The van der Waals surface area contributed by atoms with Gasteiger partial charge in [-0.25, -0.2) is 0 Å². The standard InChI is InChI=1S/C27H24O4/c1-27(2,17-11-13-25(30)21(15-17)19-7-3-5-9-23(19)28)18-12-14-26(31)22(16-18)20-8-4-6-10-24(20)29/h3-16,28-31H,1-2H3. The maximum absolute atomic E-state index is 10.4. The van der Waals surface area contributed by atoms with Gasteiger partial charge in [0, 0.05) is 27.7 Å². The van der Waals surface area contributed by atoms with E-state index in [2.05, 4.69) is 13.8 Å². The van der Waals surface area contributed by atoms with Crippen LogP contribution in [0, 0.1) is 0 Å². The zero-order valence-corrected chi connectivity index (χ0v) is 17.4. The van der Waals surface area contributed by atoms with Crippen LogP contribution < -0.4 is 0 Å². The summed E-state index contributed by atoms with van der Waals surface area (Å²) < 4.78 is 0. The van der Waals surface area contributed by atoms with E-state index in [9.17, 15) is 20.4 Å². The molecule has 0 aliphatic heterocycles. The van der Waals surface area contributed by atoms with E-state index in [-0.39, 0.29) is 23.0 Å². The first-order valence-corrected chi connectivity index (χ1v) is 10.0. The van der Waals surface area contributed by atoms with E-state index in [0.717, 1.165) is 11.1 Å². The fourth-order valence-electron chi connectivity index (χ4n) is 3.85. The number of phenolic OH excluding ortho intramolecular Hbond substituents is 4. The highest BCUT2D eigenvalue weighted by Crippen LogP contribution is 2.43. The van der Waals surface area contributed by atoms with Crippen molar-refractivity contribution in [1.29, 1.82) is 0 Å². The maximum atomic E-state index is 10.4. The highest BCUT2D eigenvalue weighted by Gasteiger charge is 2.26. The van der Waals surface area contributed by atoms with Crippen molar-refractivity contribution in [2.24, 2.45) is 0 Å². The maximum Gasteiger partial charge on any atom is 0.123 e. The monoisotopic (exact) mass is 412 g/mol. The Morgan fingerprint density at radius 3 is 1.19 bits per heavy atom. The second-order valence-electron chi connectivity index (χ2n) is 8.12. The number of benzene rings is 4. The van der Waals surface area contributed by atoms with Gasteiger partial charge in [0.2, 0.25) is 0 Å². The van der Waals surface area contributed by atoms with E-state index in [4.69, 9.17) is 0 Å². The van der Waals surface area contributed by atoms with E-state index in [1.807, 2.05) is 36.4 Å². The van der Waals surface area contributed by atoms with Crippen LogP contribution >= 0.6 is 0 Å². The molecule has 31 heavy (non-hydrogen) atoms. The smallest absolute Gasteiger partial charge is 0.123 e. The van der Waals surface area contributed by atoms with Crippen molar-refractivity contribution in [2.75, 3.05) is 0 Å². The minimum Gasteiger partial charge on any atom is -0.507 e. The summed E-state index contributed by atoms with van der Waals surface area (Å²) in [7, 11) is 0. The summed E-state index contributed by atoms with van der Waals surface area (Å²) in [5, 5.41) is 41.4. The summed E-state index contributed by atoms with van der Waals surface area (Å²) in [6.07, 6.45) is 0. The van der Waals surface area contributed by atoms with Crippen molar-refractivity contribution >= 4 is 0 Å². The fourth-order valence-corrected chi connectivity index (χ4v) is 3.85. The number of phenols is 4. The lowest BCUT2D eigenvalue weighted by molar-refractivity contribution is 0.468. The predicted octanol–water partition coefficient (Wildman–Crippen LogP) is 6.17. The van der Waals surface area contributed by atoms with Crippen molar-refractivity contribution < 1.29 is 20.4 Å². The normalized spacial score (nSPS) is 11.4. The Hall–Kier alpha value is -3.92. The summed E-state index contributed by atoms with van der Waals surface area (Å²) in [5.74, 6) is 0.363. The molecule has 0 aromatic heterocycles. The van der Waals surface area contributed by atoms with Crippen LogP contribution in [0.2, 0.25) is 0 Å². The fraction of sp³-hybridized carbons (Fsp3) is 0.111. The molecule has 4 N–H and O–H groups in total. The Morgan fingerprint density at radius 2 is 0.806 bits per heavy atom. The first-order valence-electron chi connectivity index (χ1n) is 10.0. The van der Waals surface area contributed by atoms with Crippen molar-refractivity contribution in [3.63, 3.8) is 0 Å². The molecule has 0 aliphatic rings. The molecule has 4 aromatic rings. The molecule has 0 radical (unpaired) electrons. The van der Waals surface area contributed by atoms with Gasteiger partial charge in [0.05, 0.1) is 0 Å². The quantitative estimate of drug-likeness (QED) is 0.323. The summed E-state index contributed by atoms with van der Waals surface area (Å²) in [6.45, 7) is 4.10. The lowest BCUT2D eigenvalue weighted by atomic mass is 9.76. The van der Waals surface area contributed by atoms with Crippen LogP contribution in [-0.4, -0.2) is 20.4 Å². The molecule has 0 saturated heterocycles. The molecule has 4 heteroatoms. The lowest BCUT2D eigenvalue weighted by Crippen LogP contribution is -2.19. The summed E-state index contributed by atoms with van der Waals surface area (Å²) in [4.78, 5) is 0. The number of rotatable bonds is 4. The zero-order valence-electron chi connectivity index (χ0n) is 17.4. The average Bonchev–Trinajstić information content (AvgIpc) is 2.75. The largest absolute Gasteiger partial charge is 0.507 e. The van der Waals surface area contributed by atoms with Crippen LogP contribution in [0.1, 0.15) is 25.0 Å². The summed E-state index contributed by atoms with van der Waals surface area (Å²) in [6, 6.07) is 24.5. The van der Waals surface area contributed by atoms with Gasteiger partial charge in [-0.3, -0.25) is 0 Å². The van der Waals surface area contributed by atoms with Crippen molar-refractivity contribution in [2.45, 2.75) is 19.3 Å². The van der Waals surface area contributed by atoms with E-state index in [1.54, 1.807) is 48.5 Å². The molecular formula is C27H24O4. The zero-order chi connectivity index (χ0) is 22.2. The van der Waals surface area contributed by atoms with Gasteiger partial charge in [-0.05, 0) is 47.5 Å². The Morgan fingerprint density at radius 1 is 0.452 bits per heavy atom. The minimum absolute atomic E-state index is 0.0849. The molecule has 4 rings (SSSR count). The van der Waals surface area contributed by atoms with Crippen LogP contribution in [0.4, 0.5) is 0 Å². The summed E-state index contributed by atoms with van der Waals surface area (Å²) in [5.41, 5.74) is 3.57. The number of aromatic hydroxyl groups is 4. The van der Waals surface area contributed by atoms with Crippen molar-refractivity contribution in [3.8, 4) is 45.3 Å². The van der Waals surface area contributed by atoms with Crippen LogP contribution in [-0.2, 0) is 5.41 Å². The molecule has 156 valence electrons. The molecule has 0 spiro atoms. The topological polar surface area (TPSA) is 80.9 Å². The van der Waals surface area contributed by atoms with Gasteiger partial charge in [-0.1, -0.05) is 62.4 Å². The third-order valence-electron chi connectivity index (χ3n) is 5.82. The van der Waals surface area contributed by atoms with Crippen LogP contribution in [0.5, 0.6) is 23.0 Å². The number of hydrogen-bond donors (Lipinski definition) is 4. The summed E-state index contributed by atoms with van der Waals surface area (Å²) >= 11 is 0. The second kappa shape index (κ2) is 7.73. The van der Waals surface area contributed by atoms with Gasteiger partial charge in [-0.15, -0.1) is 0 Å². The molecule has 4 nitrogen and oxygen atoms in total. The van der Waals surface area contributed by atoms with Gasteiger partial charge < -0.3 is 20.4 Å². The van der Waals surface area contributed by atoms with Crippen LogP contribution in [0.25, 0.3) is 22.3 Å². The van der Waals surface area contributed by atoms with E-state index in [0.29, 0.717) is 22.3 Å². The molecule has 0 aliphatic carbocycles. The van der Waals surface area contributed by atoms with Gasteiger partial charge in [0.1, 0.15) is 23.0 Å². The van der Waals surface area contributed by atoms with Gasteiger partial charge in [0.25, 0.3) is 0 Å². The predicted molar refractivity (Wildman–Crippen MR) is 123 cm³/mol. The molecule has 0 fully saturated rings. The molecule has 0 heterocycles. The SMILES string of the molecule is CC(C)(c1ccc(O)c(-c2ccccc2O)c1)c1ccc(O)c(-c2ccccc2O)c1. The Bertz CT molecular complexity index is 1160. The number of hydrogen-bond acceptors (Lipinski definition) is 4. The Kier molecular flexibility index (Phi) is 5.07.